The third-order valence-electron chi connectivity index (χ3n) is 3.08. The minimum atomic E-state index is -3.13. The van der Waals surface area contributed by atoms with Crippen molar-refractivity contribution in [3.05, 3.63) is 29.8 Å². The van der Waals surface area contributed by atoms with Crippen molar-refractivity contribution < 1.29 is 8.42 Å². The molecule has 0 atom stereocenters. The zero-order valence-electron chi connectivity index (χ0n) is 8.73. The molecule has 2 N–H and O–H groups in total. The fraction of sp³-hybridized carbons (Fsp3) is 0.455. The number of nitrogens with two attached hydrogens (primary N) is 1. The van der Waals surface area contributed by atoms with E-state index < -0.39 is 9.84 Å². The average Bonchev–Trinajstić information content (AvgIpc) is 2.13. The molecule has 1 aromatic carbocycles. The lowest BCUT2D eigenvalue weighted by atomic mass is 9.73. The molecule has 15 heavy (non-hydrogen) atoms. The Hall–Kier alpha value is -0.870. The number of benzene rings is 1. The first-order valence-corrected chi connectivity index (χ1v) is 6.90. The van der Waals surface area contributed by atoms with Gasteiger partial charge in [0.15, 0.2) is 9.84 Å². The molecule has 0 saturated heterocycles. The molecule has 0 radical (unpaired) electrons. The summed E-state index contributed by atoms with van der Waals surface area (Å²) >= 11 is 0. The fourth-order valence-corrected chi connectivity index (χ4v) is 2.55. The van der Waals surface area contributed by atoms with Gasteiger partial charge in [-0.25, -0.2) is 8.42 Å². The maximum Gasteiger partial charge on any atom is 0.175 e. The lowest BCUT2D eigenvalue weighted by Gasteiger charge is -2.38. The van der Waals surface area contributed by atoms with Gasteiger partial charge in [-0.05, 0) is 37.0 Å². The van der Waals surface area contributed by atoms with Crippen molar-refractivity contribution in [2.45, 2.75) is 29.7 Å². The van der Waals surface area contributed by atoms with Crippen LogP contribution < -0.4 is 5.73 Å². The van der Waals surface area contributed by atoms with E-state index in [4.69, 9.17) is 5.73 Å². The van der Waals surface area contributed by atoms with E-state index in [1.54, 1.807) is 18.2 Å². The molecule has 1 fully saturated rings. The Morgan fingerprint density at radius 3 is 2.47 bits per heavy atom. The van der Waals surface area contributed by atoms with E-state index in [1.807, 2.05) is 6.07 Å². The number of hydrogen-bond donors (Lipinski definition) is 1. The van der Waals surface area contributed by atoms with E-state index >= 15 is 0 Å². The molecule has 4 heteroatoms. The van der Waals surface area contributed by atoms with Crippen LogP contribution in [-0.2, 0) is 15.4 Å². The topological polar surface area (TPSA) is 60.2 Å². The summed E-state index contributed by atoms with van der Waals surface area (Å²) in [7, 11) is -3.13. The molecule has 1 saturated carbocycles. The average molecular weight is 225 g/mol. The molecule has 3 nitrogen and oxygen atoms in total. The van der Waals surface area contributed by atoms with Crippen LogP contribution in [0, 0.1) is 0 Å². The van der Waals surface area contributed by atoms with Gasteiger partial charge in [-0.1, -0.05) is 12.1 Å². The third kappa shape index (κ3) is 1.92. The predicted octanol–water partition coefficient (Wildman–Crippen LogP) is 1.43. The molecule has 2 rings (SSSR count). The first kappa shape index (κ1) is 10.6. The van der Waals surface area contributed by atoms with E-state index in [0.29, 0.717) is 4.90 Å². The van der Waals surface area contributed by atoms with Gasteiger partial charge in [0.1, 0.15) is 0 Å². The van der Waals surface area contributed by atoms with Crippen molar-refractivity contribution in [3.63, 3.8) is 0 Å². The molecule has 0 amide bonds. The highest BCUT2D eigenvalue weighted by molar-refractivity contribution is 7.90. The molecule has 1 aromatic rings. The molecular weight excluding hydrogens is 210 g/mol. The zero-order valence-corrected chi connectivity index (χ0v) is 9.55. The van der Waals surface area contributed by atoms with Crippen LogP contribution in [0.25, 0.3) is 0 Å². The zero-order chi connectivity index (χ0) is 11.1. The first-order chi connectivity index (χ1) is 6.92. The second kappa shape index (κ2) is 3.32. The van der Waals surface area contributed by atoms with Gasteiger partial charge in [0.05, 0.1) is 4.90 Å². The molecule has 0 unspecified atom stereocenters. The van der Waals surface area contributed by atoms with Crippen molar-refractivity contribution in [2.75, 3.05) is 6.26 Å². The lowest BCUT2D eigenvalue weighted by Crippen LogP contribution is -2.43. The van der Waals surface area contributed by atoms with Gasteiger partial charge < -0.3 is 5.73 Å². The second-order valence-corrected chi connectivity index (χ2v) is 6.33. The van der Waals surface area contributed by atoms with E-state index in [9.17, 15) is 8.42 Å². The minimum Gasteiger partial charge on any atom is -0.321 e. The maximum atomic E-state index is 11.4. The minimum absolute atomic E-state index is 0.291. The van der Waals surface area contributed by atoms with E-state index in [1.165, 1.54) is 6.26 Å². The number of hydrogen-bond acceptors (Lipinski definition) is 3. The van der Waals surface area contributed by atoms with Crippen molar-refractivity contribution in [2.24, 2.45) is 5.73 Å². The standard InChI is InChI=1S/C11H15NO2S/c1-15(13,14)10-5-2-4-9(8-10)11(12)6-3-7-11/h2,4-5,8H,3,6-7,12H2,1H3. The number of rotatable bonds is 2. The lowest BCUT2D eigenvalue weighted by molar-refractivity contribution is 0.253. The van der Waals surface area contributed by atoms with Gasteiger partial charge in [-0.3, -0.25) is 0 Å². The van der Waals surface area contributed by atoms with Crippen LogP contribution >= 0.6 is 0 Å². The monoisotopic (exact) mass is 225 g/mol. The molecule has 0 aliphatic heterocycles. The highest BCUT2D eigenvalue weighted by atomic mass is 32.2. The van der Waals surface area contributed by atoms with Crippen molar-refractivity contribution in [1.82, 2.24) is 0 Å². The maximum absolute atomic E-state index is 11.4. The smallest absolute Gasteiger partial charge is 0.175 e. The third-order valence-corrected chi connectivity index (χ3v) is 4.19. The molecule has 1 aliphatic rings. The Balaban J connectivity index is 2.43. The molecular formula is C11H15NO2S. The van der Waals surface area contributed by atoms with Gasteiger partial charge in [-0.2, -0.15) is 0 Å². The molecule has 1 aliphatic carbocycles. The van der Waals surface area contributed by atoms with E-state index in [0.717, 1.165) is 24.8 Å². The van der Waals surface area contributed by atoms with Crippen LogP contribution in [0.1, 0.15) is 24.8 Å². The Morgan fingerprint density at radius 2 is 2.00 bits per heavy atom. The van der Waals surface area contributed by atoms with Crippen LogP contribution in [0.15, 0.2) is 29.2 Å². The van der Waals surface area contributed by atoms with Gasteiger partial charge in [0.2, 0.25) is 0 Å². The van der Waals surface area contributed by atoms with E-state index in [2.05, 4.69) is 0 Å². The van der Waals surface area contributed by atoms with Crippen LogP contribution in [0.5, 0.6) is 0 Å². The van der Waals surface area contributed by atoms with Crippen LogP contribution in [0.2, 0.25) is 0 Å². The summed E-state index contributed by atoms with van der Waals surface area (Å²) in [4.78, 5) is 0.358. The molecule has 82 valence electrons. The number of sulfone groups is 1. The van der Waals surface area contributed by atoms with Gasteiger partial charge in [0, 0.05) is 11.8 Å². The fourth-order valence-electron chi connectivity index (χ4n) is 1.88. The van der Waals surface area contributed by atoms with Gasteiger partial charge in [0.25, 0.3) is 0 Å². The van der Waals surface area contributed by atoms with Crippen LogP contribution in [0.4, 0.5) is 0 Å². The van der Waals surface area contributed by atoms with Crippen molar-refractivity contribution >= 4 is 9.84 Å². The molecule has 0 spiro atoms. The van der Waals surface area contributed by atoms with Gasteiger partial charge in [-0.15, -0.1) is 0 Å². The van der Waals surface area contributed by atoms with Crippen LogP contribution in [-0.4, -0.2) is 14.7 Å². The summed E-state index contributed by atoms with van der Waals surface area (Å²) in [5.74, 6) is 0. The highest BCUT2D eigenvalue weighted by Gasteiger charge is 2.34. The Bertz CT molecular complexity index is 475. The Labute approximate surface area is 90.2 Å². The highest BCUT2D eigenvalue weighted by Crippen LogP contribution is 2.39. The van der Waals surface area contributed by atoms with Crippen LogP contribution in [0.3, 0.4) is 0 Å². The molecule has 0 aromatic heterocycles. The summed E-state index contributed by atoms with van der Waals surface area (Å²) < 4.78 is 22.8. The van der Waals surface area contributed by atoms with Gasteiger partial charge >= 0.3 is 0 Å². The normalized spacial score (nSPS) is 19.6. The first-order valence-electron chi connectivity index (χ1n) is 5.01. The summed E-state index contributed by atoms with van der Waals surface area (Å²) in [6.07, 6.45) is 4.23. The second-order valence-electron chi connectivity index (χ2n) is 4.31. The predicted molar refractivity (Wildman–Crippen MR) is 59.3 cm³/mol. The van der Waals surface area contributed by atoms with Crippen molar-refractivity contribution in [1.29, 1.82) is 0 Å². The largest absolute Gasteiger partial charge is 0.321 e. The molecule has 0 heterocycles. The van der Waals surface area contributed by atoms with Crippen molar-refractivity contribution in [3.8, 4) is 0 Å². The molecule has 0 bridgehead atoms. The SMILES string of the molecule is CS(=O)(=O)c1cccc(C2(N)CCC2)c1. The summed E-state index contributed by atoms with van der Waals surface area (Å²) in [6, 6.07) is 6.99. The quantitative estimate of drug-likeness (QED) is 0.828. The van der Waals surface area contributed by atoms with E-state index in [-0.39, 0.29) is 5.54 Å². The Kier molecular flexibility index (Phi) is 2.35. The summed E-state index contributed by atoms with van der Waals surface area (Å²) in [6.45, 7) is 0. The Morgan fingerprint density at radius 1 is 1.33 bits per heavy atom. The summed E-state index contributed by atoms with van der Waals surface area (Å²) in [5.41, 5.74) is 6.79. The summed E-state index contributed by atoms with van der Waals surface area (Å²) in [5, 5.41) is 0.